The monoisotopic (exact) mass is 466 g/mol. The predicted molar refractivity (Wildman–Crippen MR) is 123 cm³/mol. The third-order valence-electron chi connectivity index (χ3n) is 6.71. The van der Waals surface area contributed by atoms with E-state index in [1.807, 2.05) is 26.0 Å². The van der Waals surface area contributed by atoms with Crippen LogP contribution in [0.15, 0.2) is 53.4 Å². The Kier molecular flexibility index (Phi) is 4.99. The Morgan fingerprint density at radius 3 is 2.61 bits per heavy atom. The Hall–Kier alpha value is -2.97. The number of amides is 1. The van der Waals surface area contributed by atoms with E-state index in [1.54, 1.807) is 30.3 Å². The number of pyridine rings is 1. The highest BCUT2D eigenvalue weighted by Gasteiger charge is 2.61. The number of rotatable bonds is 5. The van der Waals surface area contributed by atoms with Crippen molar-refractivity contribution in [1.29, 1.82) is 0 Å². The van der Waals surface area contributed by atoms with Crippen LogP contribution in [0.5, 0.6) is 5.75 Å². The molecule has 1 N–H and O–H groups in total. The summed E-state index contributed by atoms with van der Waals surface area (Å²) in [5.74, 6) is -0.206. The molecule has 0 bridgehead atoms. The van der Waals surface area contributed by atoms with Crippen LogP contribution in [-0.4, -0.2) is 33.0 Å². The quantitative estimate of drug-likeness (QED) is 0.615. The second kappa shape index (κ2) is 7.53. The van der Waals surface area contributed by atoms with Crippen LogP contribution in [0.25, 0.3) is 10.9 Å². The number of carbonyl (C=O) groups excluding carboxylic acids is 1. The number of sulfonamides is 1. The summed E-state index contributed by atoms with van der Waals surface area (Å²) >= 11 is 0. The van der Waals surface area contributed by atoms with Crippen molar-refractivity contribution in [3.63, 3.8) is 0 Å². The predicted octanol–water partition coefficient (Wildman–Crippen LogP) is 3.76. The average molecular weight is 467 g/mol. The van der Waals surface area contributed by atoms with Gasteiger partial charge in [0, 0.05) is 16.6 Å². The summed E-state index contributed by atoms with van der Waals surface area (Å²) in [7, 11) is -2.66. The van der Waals surface area contributed by atoms with Gasteiger partial charge in [0.25, 0.3) is 15.9 Å². The van der Waals surface area contributed by atoms with Crippen LogP contribution >= 0.6 is 0 Å². The third-order valence-corrected chi connectivity index (χ3v) is 8.10. The lowest BCUT2D eigenvalue weighted by molar-refractivity contribution is -0.140. The van der Waals surface area contributed by atoms with Crippen LogP contribution < -0.4 is 9.46 Å². The van der Waals surface area contributed by atoms with Gasteiger partial charge in [-0.1, -0.05) is 17.7 Å². The molecule has 2 aromatic carbocycles. The maximum absolute atomic E-state index is 13.8. The summed E-state index contributed by atoms with van der Waals surface area (Å²) in [6, 6.07) is 13.8. The number of nitrogens with zero attached hydrogens (tertiary/aromatic N) is 1. The van der Waals surface area contributed by atoms with Gasteiger partial charge in [-0.3, -0.25) is 9.78 Å². The number of fused-ring (bicyclic) bond motifs is 1. The number of ether oxygens (including phenoxy) is 2. The second-order valence-corrected chi connectivity index (χ2v) is 10.9. The molecule has 33 heavy (non-hydrogen) atoms. The van der Waals surface area contributed by atoms with E-state index in [2.05, 4.69) is 9.71 Å². The van der Waals surface area contributed by atoms with Crippen LogP contribution in [0.3, 0.4) is 0 Å². The van der Waals surface area contributed by atoms with E-state index in [1.165, 1.54) is 13.2 Å². The molecular weight excluding hydrogens is 440 g/mol. The number of aryl methyl sites for hydroxylation is 2. The van der Waals surface area contributed by atoms with Crippen molar-refractivity contribution in [2.75, 3.05) is 13.7 Å². The number of nitrogens with one attached hydrogen (secondary N) is 1. The molecule has 172 valence electrons. The molecular formula is C25H26N2O5S. The summed E-state index contributed by atoms with van der Waals surface area (Å²) < 4.78 is 40.9. The van der Waals surface area contributed by atoms with Crippen molar-refractivity contribution in [3.8, 4) is 5.75 Å². The van der Waals surface area contributed by atoms with Crippen LogP contribution in [0.4, 0.5) is 0 Å². The first kappa shape index (κ1) is 21.9. The van der Waals surface area contributed by atoms with Crippen molar-refractivity contribution in [3.05, 3.63) is 65.4 Å². The maximum atomic E-state index is 13.8. The molecule has 3 aromatic rings. The minimum atomic E-state index is -4.19. The maximum Gasteiger partial charge on any atom is 0.270 e. The molecule has 0 radical (unpaired) electrons. The number of aromatic nitrogens is 1. The second-order valence-electron chi connectivity index (χ2n) is 9.21. The van der Waals surface area contributed by atoms with E-state index >= 15 is 0 Å². The fraction of sp³-hybridized carbons (Fsp3) is 0.360. The van der Waals surface area contributed by atoms with Gasteiger partial charge in [-0.15, -0.1) is 0 Å². The van der Waals surface area contributed by atoms with Crippen LogP contribution in [-0.2, 0) is 25.2 Å². The van der Waals surface area contributed by atoms with Gasteiger partial charge in [0.2, 0.25) is 0 Å². The summed E-state index contributed by atoms with van der Waals surface area (Å²) in [5.41, 5.74) is 1.28. The summed E-state index contributed by atoms with van der Waals surface area (Å²) in [6.45, 7) is 4.17. The number of hydrogen-bond acceptors (Lipinski definition) is 6. The minimum Gasteiger partial charge on any atom is -0.496 e. The molecule has 1 saturated carbocycles. The van der Waals surface area contributed by atoms with Crippen molar-refractivity contribution in [2.24, 2.45) is 5.41 Å². The molecule has 5 rings (SSSR count). The largest absolute Gasteiger partial charge is 0.496 e. The Morgan fingerprint density at radius 1 is 1.12 bits per heavy atom. The summed E-state index contributed by atoms with van der Waals surface area (Å²) in [6.07, 6.45) is 2.33. The van der Waals surface area contributed by atoms with Crippen molar-refractivity contribution in [1.82, 2.24) is 9.71 Å². The number of benzene rings is 2. The van der Waals surface area contributed by atoms with E-state index in [0.29, 0.717) is 35.2 Å². The molecule has 1 saturated heterocycles. The number of carbonyl (C=O) groups is 1. The normalized spacial score (nSPS) is 21.3. The van der Waals surface area contributed by atoms with E-state index < -0.39 is 21.5 Å². The van der Waals surface area contributed by atoms with Gasteiger partial charge in [-0.2, -0.15) is 0 Å². The topological polar surface area (TPSA) is 94.6 Å². The van der Waals surface area contributed by atoms with Gasteiger partial charge in [-0.25, -0.2) is 13.1 Å². The molecule has 2 aliphatic rings. The van der Waals surface area contributed by atoms with E-state index in [9.17, 15) is 13.2 Å². The zero-order valence-corrected chi connectivity index (χ0v) is 19.7. The van der Waals surface area contributed by atoms with Crippen LogP contribution in [0.1, 0.15) is 36.1 Å². The highest BCUT2D eigenvalue weighted by atomic mass is 32.2. The number of hydrogen-bond donors (Lipinski definition) is 1. The van der Waals surface area contributed by atoms with Crippen molar-refractivity contribution < 1.29 is 22.7 Å². The van der Waals surface area contributed by atoms with Gasteiger partial charge in [-0.05, 0) is 74.9 Å². The molecule has 8 heteroatoms. The Balaban J connectivity index is 1.58. The Bertz CT molecular complexity index is 1380. The molecule has 1 amide bonds. The molecule has 1 aliphatic heterocycles. The molecule has 1 atom stereocenters. The lowest BCUT2D eigenvalue weighted by Crippen LogP contribution is -2.46. The van der Waals surface area contributed by atoms with Gasteiger partial charge in [0.05, 0.1) is 24.1 Å². The molecule has 7 nitrogen and oxygen atoms in total. The summed E-state index contributed by atoms with van der Waals surface area (Å²) in [5, 5.41) is 0.455. The first-order chi connectivity index (χ1) is 15.7. The van der Waals surface area contributed by atoms with Crippen molar-refractivity contribution in [2.45, 2.75) is 43.6 Å². The average Bonchev–Trinajstić information content (AvgIpc) is 3.42. The van der Waals surface area contributed by atoms with Gasteiger partial charge < -0.3 is 9.47 Å². The van der Waals surface area contributed by atoms with Gasteiger partial charge in [0.15, 0.2) is 5.60 Å². The molecule has 1 spiro atoms. The van der Waals surface area contributed by atoms with E-state index in [0.717, 1.165) is 24.1 Å². The fourth-order valence-electron chi connectivity index (χ4n) is 4.71. The number of methoxy groups -OCH3 is 1. The highest BCUT2D eigenvalue weighted by molar-refractivity contribution is 7.90. The first-order valence-corrected chi connectivity index (χ1v) is 12.4. The fourth-order valence-corrected chi connectivity index (χ4v) is 5.94. The molecule has 1 aromatic heterocycles. The van der Waals surface area contributed by atoms with E-state index in [-0.39, 0.29) is 10.3 Å². The van der Waals surface area contributed by atoms with Crippen LogP contribution in [0, 0.1) is 19.3 Å². The SMILES string of the molecule is COc1ccc(C)cc1C1(C(=O)NS(=O)(=O)c2cccc3nc(C)ccc23)CC2(CC2)CO1. The molecule has 2 heterocycles. The standard InChI is InChI=1S/C25H26N2O5S/c1-16-7-10-21(31-3)19(13-16)25(14-24(11-12-24)15-32-25)23(28)27-33(29,30)22-6-4-5-20-18(22)9-8-17(2)26-20/h4-10,13H,11-12,14-15H2,1-3H3,(H,27,28). The Labute approximate surface area is 193 Å². The zero-order valence-electron chi connectivity index (χ0n) is 18.8. The Morgan fingerprint density at radius 2 is 1.91 bits per heavy atom. The smallest absolute Gasteiger partial charge is 0.270 e. The van der Waals surface area contributed by atoms with Gasteiger partial charge in [0.1, 0.15) is 5.75 Å². The zero-order chi connectivity index (χ0) is 23.4. The highest BCUT2D eigenvalue weighted by Crippen LogP contribution is 2.60. The summed E-state index contributed by atoms with van der Waals surface area (Å²) in [4.78, 5) is 18.2. The van der Waals surface area contributed by atoms with Gasteiger partial charge >= 0.3 is 0 Å². The van der Waals surface area contributed by atoms with E-state index in [4.69, 9.17) is 9.47 Å². The lowest BCUT2D eigenvalue weighted by Gasteiger charge is -2.29. The first-order valence-electron chi connectivity index (χ1n) is 10.9. The third kappa shape index (κ3) is 3.67. The van der Waals surface area contributed by atoms with Crippen LogP contribution in [0.2, 0.25) is 0 Å². The lowest BCUT2D eigenvalue weighted by atomic mass is 9.84. The molecule has 1 unspecified atom stereocenters. The molecule has 2 fully saturated rings. The minimum absolute atomic E-state index is 0.00587. The molecule has 1 aliphatic carbocycles. The van der Waals surface area contributed by atoms with Crippen molar-refractivity contribution >= 4 is 26.8 Å².